The van der Waals surface area contributed by atoms with Crippen molar-refractivity contribution in [3.8, 4) is 11.1 Å². The zero-order valence-corrected chi connectivity index (χ0v) is 25.9. The van der Waals surface area contributed by atoms with Gasteiger partial charge in [0.1, 0.15) is 18.1 Å². The Morgan fingerprint density at radius 3 is 2.53 bits per heavy atom. The van der Waals surface area contributed by atoms with Gasteiger partial charge in [0.25, 0.3) is 5.91 Å². The van der Waals surface area contributed by atoms with E-state index in [1.165, 1.54) is 19.2 Å². The lowest BCUT2D eigenvalue weighted by molar-refractivity contribution is 0.0802. The van der Waals surface area contributed by atoms with Crippen LogP contribution in [0.1, 0.15) is 21.6 Å². The average molecular weight is 633 g/mol. The van der Waals surface area contributed by atoms with Crippen LogP contribution in [0.25, 0.3) is 22.0 Å². The average Bonchev–Trinajstić information content (AvgIpc) is 3.58. The molecule has 43 heavy (non-hydrogen) atoms. The number of hydrogen-bond acceptors (Lipinski definition) is 6. The number of halogens is 3. The van der Waals surface area contributed by atoms with Crippen molar-refractivity contribution in [3.63, 3.8) is 0 Å². The largest absolute Gasteiger partial charge is 0.372 e. The second-order valence-electron chi connectivity index (χ2n) is 11.3. The monoisotopic (exact) mass is 632 g/mol. The van der Waals surface area contributed by atoms with Crippen LogP contribution < -0.4 is 9.62 Å². The highest BCUT2D eigenvalue weighted by molar-refractivity contribution is 7.74. The maximum absolute atomic E-state index is 16.3. The van der Waals surface area contributed by atoms with Gasteiger partial charge in [-0.1, -0.05) is 37.8 Å². The molecular formula is C29H31F3N4O5SSi. The van der Waals surface area contributed by atoms with Gasteiger partial charge in [0, 0.05) is 38.2 Å². The number of rotatable bonds is 10. The van der Waals surface area contributed by atoms with E-state index in [0.29, 0.717) is 12.2 Å². The van der Waals surface area contributed by atoms with E-state index in [1.807, 2.05) is 0 Å². The Morgan fingerprint density at radius 2 is 1.84 bits per heavy atom. The molecule has 0 spiro atoms. The molecule has 1 aromatic heterocycles. The van der Waals surface area contributed by atoms with Crippen molar-refractivity contribution >= 4 is 47.1 Å². The highest BCUT2D eigenvalue weighted by atomic mass is 32.2. The van der Waals surface area contributed by atoms with Gasteiger partial charge in [0.15, 0.2) is 17.3 Å². The summed E-state index contributed by atoms with van der Waals surface area (Å²) in [6.07, 6.45) is 0. The number of fused-ring (bicyclic) bond motifs is 2. The van der Waals surface area contributed by atoms with Crippen LogP contribution in [0.3, 0.4) is 0 Å². The Balaban J connectivity index is 1.64. The van der Waals surface area contributed by atoms with Gasteiger partial charge in [0.2, 0.25) is 10.9 Å². The summed E-state index contributed by atoms with van der Waals surface area (Å²) in [4.78, 5) is 12.5. The molecule has 0 saturated heterocycles. The summed E-state index contributed by atoms with van der Waals surface area (Å²) in [5.74, 6) is -4.01. The smallest absolute Gasteiger partial charge is 0.272 e. The quantitative estimate of drug-likeness (QED) is 0.136. The normalized spacial score (nSPS) is 13.1. The standard InChI is InChI=1S/C29H31F3N4O5SSi/c1-33-29(37)27-19-9-8-18(25(31)28(19)35(34-27)16-40-12-13-43(2,3)4)24-21(30)10-11-23(26(24)32)36(42(38)39)22-7-5-6-17-14-41-15-20(17)22/h5-11,42H,12-16H2,1-4H3,(H,33,37). The third-order valence-corrected chi connectivity index (χ3v) is 9.68. The van der Waals surface area contributed by atoms with Crippen molar-refractivity contribution in [2.75, 3.05) is 18.0 Å². The van der Waals surface area contributed by atoms with Crippen LogP contribution in [0.15, 0.2) is 42.5 Å². The fourth-order valence-electron chi connectivity index (χ4n) is 4.98. The highest BCUT2D eigenvalue weighted by Crippen LogP contribution is 2.41. The van der Waals surface area contributed by atoms with Crippen LogP contribution in [0, 0.1) is 17.5 Å². The first-order valence-electron chi connectivity index (χ1n) is 13.5. The Hall–Kier alpha value is -3.72. The number of ether oxygens (including phenoxy) is 2. The lowest BCUT2D eigenvalue weighted by Gasteiger charge is -2.22. The number of nitrogens with one attached hydrogen (secondary N) is 1. The number of thiol groups is 1. The van der Waals surface area contributed by atoms with Crippen molar-refractivity contribution in [2.45, 2.75) is 45.6 Å². The van der Waals surface area contributed by atoms with Crippen LogP contribution in [-0.4, -0.2) is 45.8 Å². The summed E-state index contributed by atoms with van der Waals surface area (Å²) in [6.45, 7) is 7.10. The van der Waals surface area contributed by atoms with E-state index in [-0.39, 0.29) is 42.2 Å². The zero-order chi connectivity index (χ0) is 31.1. The number of carbonyl (C=O) groups is 1. The minimum Gasteiger partial charge on any atom is -0.372 e. The predicted molar refractivity (Wildman–Crippen MR) is 160 cm³/mol. The maximum atomic E-state index is 16.3. The van der Waals surface area contributed by atoms with Gasteiger partial charge in [-0.3, -0.25) is 4.79 Å². The van der Waals surface area contributed by atoms with Crippen molar-refractivity contribution in [3.05, 3.63) is 76.7 Å². The maximum Gasteiger partial charge on any atom is 0.272 e. The van der Waals surface area contributed by atoms with Crippen LogP contribution in [-0.2, 0) is 40.3 Å². The van der Waals surface area contributed by atoms with Crippen LogP contribution in [0.4, 0.5) is 24.5 Å². The Labute approximate surface area is 249 Å². The summed E-state index contributed by atoms with van der Waals surface area (Å²) in [6, 6.07) is 10.1. The molecule has 14 heteroatoms. The van der Waals surface area contributed by atoms with Gasteiger partial charge in [-0.25, -0.2) is 30.6 Å². The molecule has 0 fully saturated rings. The molecule has 1 aliphatic heterocycles. The predicted octanol–water partition coefficient (Wildman–Crippen LogP) is 5.49. The molecule has 0 bridgehead atoms. The van der Waals surface area contributed by atoms with E-state index in [2.05, 4.69) is 30.1 Å². The molecule has 0 unspecified atom stereocenters. The van der Waals surface area contributed by atoms with Crippen molar-refractivity contribution in [1.29, 1.82) is 0 Å². The second-order valence-corrected chi connectivity index (χ2v) is 17.8. The highest BCUT2D eigenvalue weighted by Gasteiger charge is 2.29. The van der Waals surface area contributed by atoms with E-state index in [4.69, 9.17) is 9.47 Å². The van der Waals surface area contributed by atoms with E-state index < -0.39 is 59.1 Å². The van der Waals surface area contributed by atoms with Crippen LogP contribution >= 0.6 is 0 Å². The van der Waals surface area contributed by atoms with Gasteiger partial charge in [-0.05, 0) is 35.9 Å². The Kier molecular flexibility index (Phi) is 8.65. The van der Waals surface area contributed by atoms with Gasteiger partial charge < -0.3 is 14.8 Å². The zero-order valence-electron chi connectivity index (χ0n) is 24.0. The number of benzene rings is 3. The first-order chi connectivity index (χ1) is 20.4. The van der Waals surface area contributed by atoms with Crippen molar-refractivity contribution < 1.29 is 35.9 Å². The molecule has 1 amide bonds. The van der Waals surface area contributed by atoms with Gasteiger partial charge in [0.05, 0.1) is 30.2 Å². The molecule has 5 rings (SSSR count). The summed E-state index contributed by atoms with van der Waals surface area (Å²) >= 11 is 0. The number of aromatic nitrogens is 2. The van der Waals surface area contributed by atoms with Gasteiger partial charge in [-0.2, -0.15) is 5.10 Å². The van der Waals surface area contributed by atoms with Crippen LogP contribution in [0.2, 0.25) is 25.7 Å². The third-order valence-electron chi connectivity index (χ3n) is 7.21. The molecule has 3 aromatic carbocycles. The van der Waals surface area contributed by atoms with E-state index in [0.717, 1.165) is 38.8 Å². The summed E-state index contributed by atoms with van der Waals surface area (Å²) < 4.78 is 85.9. The lowest BCUT2D eigenvalue weighted by Crippen LogP contribution is -2.22. The van der Waals surface area contributed by atoms with E-state index >= 15 is 13.2 Å². The number of anilines is 2. The fraction of sp³-hybridized carbons (Fsp3) is 0.310. The molecule has 1 aliphatic rings. The molecule has 228 valence electrons. The summed E-state index contributed by atoms with van der Waals surface area (Å²) in [7, 11) is -3.47. The molecule has 1 N–H and O–H groups in total. The molecule has 2 heterocycles. The number of nitrogens with zero attached hydrogens (tertiary/aromatic N) is 3. The first-order valence-corrected chi connectivity index (χ1v) is 18.4. The SMILES string of the molecule is CNC(=O)c1nn(COCC[Si](C)(C)C)c2c(F)c(-c3c(F)ccc(N(c4cccc5c4COC5)[SH](=O)=O)c3F)ccc12. The van der Waals surface area contributed by atoms with Gasteiger partial charge >= 0.3 is 0 Å². The molecule has 0 aliphatic carbocycles. The van der Waals surface area contributed by atoms with E-state index in [9.17, 15) is 13.2 Å². The lowest BCUT2D eigenvalue weighted by atomic mass is 10.00. The molecule has 0 saturated carbocycles. The molecule has 0 atom stereocenters. The fourth-order valence-corrected chi connectivity index (χ4v) is 6.43. The third kappa shape index (κ3) is 5.92. The molecule has 9 nitrogen and oxygen atoms in total. The molecule has 0 radical (unpaired) electrons. The van der Waals surface area contributed by atoms with Gasteiger partial charge in [-0.15, -0.1) is 0 Å². The number of carbonyl (C=O) groups excluding carboxylic acids is 1. The Morgan fingerprint density at radius 1 is 1.07 bits per heavy atom. The van der Waals surface area contributed by atoms with Crippen molar-refractivity contribution in [2.24, 2.45) is 0 Å². The molecule has 4 aromatic rings. The van der Waals surface area contributed by atoms with E-state index in [1.54, 1.807) is 12.1 Å². The summed E-state index contributed by atoms with van der Waals surface area (Å²) in [5.41, 5.74) is -0.539. The first kappa shape index (κ1) is 30.7. The minimum absolute atomic E-state index is 0.0823. The number of amides is 1. The van der Waals surface area contributed by atoms with Crippen molar-refractivity contribution in [1.82, 2.24) is 15.1 Å². The topological polar surface area (TPSA) is 103 Å². The second kappa shape index (κ2) is 12.1. The number of hydrogen-bond donors (Lipinski definition) is 2. The minimum atomic E-state index is -3.45. The van der Waals surface area contributed by atoms with Crippen LogP contribution in [0.5, 0.6) is 0 Å². The Bertz CT molecular complexity index is 1800. The molecular weight excluding hydrogens is 601 g/mol. The summed E-state index contributed by atoms with van der Waals surface area (Å²) in [5, 5.41) is 6.82.